The Bertz CT molecular complexity index is 477. The summed E-state index contributed by atoms with van der Waals surface area (Å²) in [4.78, 5) is 0. The predicted octanol–water partition coefficient (Wildman–Crippen LogP) is 3.60. The number of halogens is 2. The van der Waals surface area contributed by atoms with E-state index >= 15 is 0 Å². The van der Waals surface area contributed by atoms with Crippen LogP contribution in [0.3, 0.4) is 0 Å². The number of hydrogen-bond acceptors (Lipinski definition) is 2. The molecule has 0 aliphatic carbocycles. The fourth-order valence-electron chi connectivity index (χ4n) is 3.50. The average molecular weight is 344 g/mol. The lowest BCUT2D eigenvalue weighted by atomic mass is 9.77. The molecule has 0 unspecified atom stereocenters. The molecule has 0 aromatic carbocycles. The van der Waals surface area contributed by atoms with Gasteiger partial charge >= 0.3 is 0 Å². The zero-order valence-electron chi connectivity index (χ0n) is 10.7. The molecule has 2 nitrogen and oxygen atoms in total. The Morgan fingerprint density at radius 3 is 3.11 bits per heavy atom. The van der Waals surface area contributed by atoms with Gasteiger partial charge in [0.05, 0.1) is 17.4 Å². The van der Waals surface area contributed by atoms with Gasteiger partial charge in [-0.25, -0.2) is 0 Å². The summed E-state index contributed by atoms with van der Waals surface area (Å²) in [6, 6.07) is 0. The molecule has 0 saturated carbocycles. The first-order valence-corrected chi connectivity index (χ1v) is 7.87. The van der Waals surface area contributed by atoms with E-state index in [0.29, 0.717) is 0 Å². The highest BCUT2D eigenvalue weighted by molar-refractivity contribution is 9.11. The molecule has 0 radical (unpaired) electrons. The van der Waals surface area contributed by atoms with Crippen LogP contribution in [-0.2, 0) is 9.47 Å². The van der Waals surface area contributed by atoms with E-state index in [1.807, 2.05) is 6.08 Å². The molecule has 0 N–H and O–H groups in total. The summed E-state index contributed by atoms with van der Waals surface area (Å²) < 4.78 is 13.2. The number of fused-ring (bicyclic) bond motifs is 1. The highest BCUT2D eigenvalue weighted by Crippen LogP contribution is 2.56. The molecule has 0 spiro atoms. The first-order chi connectivity index (χ1) is 9.17. The summed E-state index contributed by atoms with van der Waals surface area (Å²) in [6.45, 7) is 2.11. The minimum absolute atomic E-state index is 0.106. The van der Waals surface area contributed by atoms with E-state index in [1.165, 1.54) is 0 Å². The third kappa shape index (κ3) is 2.05. The van der Waals surface area contributed by atoms with Crippen molar-refractivity contribution in [1.82, 2.24) is 0 Å². The van der Waals surface area contributed by atoms with Gasteiger partial charge in [-0.15, -0.1) is 18.0 Å². The van der Waals surface area contributed by atoms with Gasteiger partial charge in [0.25, 0.3) is 0 Å². The van der Waals surface area contributed by atoms with Crippen molar-refractivity contribution in [1.29, 1.82) is 0 Å². The standard InChI is InChI=1S/C15H16BrClO2/c1-3-5-6-9(17)12-10-7-11-15(18-10)13(12)14(19-11)8(16)4-2/h1,5-6,9-13,15H,4,7H2,2H3/b6-5-,14-8+/t9-,10-,11-,12+,13-,15+/m1/s1. The van der Waals surface area contributed by atoms with Crippen LogP contribution in [0.4, 0.5) is 0 Å². The first-order valence-electron chi connectivity index (χ1n) is 6.64. The van der Waals surface area contributed by atoms with Gasteiger partial charge in [-0.1, -0.05) is 34.9 Å². The van der Waals surface area contributed by atoms with Crippen LogP contribution in [0.5, 0.6) is 0 Å². The van der Waals surface area contributed by atoms with E-state index in [1.54, 1.807) is 6.08 Å². The van der Waals surface area contributed by atoms with Gasteiger partial charge in [0.1, 0.15) is 18.0 Å². The Morgan fingerprint density at radius 2 is 2.42 bits per heavy atom. The van der Waals surface area contributed by atoms with Crippen molar-refractivity contribution in [3.05, 3.63) is 22.4 Å². The fraction of sp³-hybridized carbons (Fsp3) is 0.600. The van der Waals surface area contributed by atoms with Gasteiger partial charge in [-0.05, 0) is 12.5 Å². The monoisotopic (exact) mass is 342 g/mol. The lowest BCUT2D eigenvalue weighted by molar-refractivity contribution is 0.0690. The van der Waals surface area contributed by atoms with Crippen molar-refractivity contribution in [3.63, 3.8) is 0 Å². The third-order valence-electron chi connectivity index (χ3n) is 4.26. The van der Waals surface area contributed by atoms with E-state index in [4.69, 9.17) is 27.5 Å². The summed E-state index contributed by atoms with van der Waals surface area (Å²) in [5.74, 6) is 4.06. The van der Waals surface area contributed by atoms with Crippen LogP contribution >= 0.6 is 27.5 Å². The summed E-state index contributed by atoms with van der Waals surface area (Å²) in [5, 5.41) is -0.106. The molecule has 3 heterocycles. The number of alkyl halides is 1. The second kappa shape index (κ2) is 5.16. The highest BCUT2D eigenvalue weighted by atomic mass is 79.9. The SMILES string of the molecule is C#C/C=C\[C@@H](Cl)[C@@H]1[C@@H]2/C(=C(\Br)CC)O[C@@H]3C[C@H]1O[C@H]23. The van der Waals surface area contributed by atoms with Crippen LogP contribution in [0.25, 0.3) is 0 Å². The molecular formula is C15H16BrClO2. The molecule has 3 saturated heterocycles. The molecule has 0 aromatic rings. The van der Waals surface area contributed by atoms with Crippen molar-refractivity contribution in [2.75, 3.05) is 0 Å². The van der Waals surface area contributed by atoms with E-state index in [0.717, 1.165) is 23.1 Å². The maximum Gasteiger partial charge on any atom is 0.128 e. The lowest BCUT2D eigenvalue weighted by Gasteiger charge is -2.25. The Kier molecular flexibility index (Phi) is 3.68. The number of allylic oxidation sites excluding steroid dienone is 3. The molecular weight excluding hydrogens is 328 g/mol. The number of rotatable bonds is 3. The van der Waals surface area contributed by atoms with Crippen LogP contribution in [0.1, 0.15) is 19.8 Å². The molecule has 3 aliphatic rings. The second-order valence-corrected chi connectivity index (χ2v) is 6.69. The highest BCUT2D eigenvalue weighted by Gasteiger charge is 2.63. The van der Waals surface area contributed by atoms with Crippen molar-refractivity contribution >= 4 is 27.5 Å². The number of ether oxygens (including phenoxy) is 2. The molecule has 3 rings (SSSR count). The van der Waals surface area contributed by atoms with Crippen LogP contribution in [0.2, 0.25) is 0 Å². The van der Waals surface area contributed by atoms with Gasteiger partial charge < -0.3 is 9.47 Å². The molecule has 4 heteroatoms. The molecule has 19 heavy (non-hydrogen) atoms. The molecule has 0 amide bonds. The minimum Gasteiger partial charge on any atom is -0.491 e. The van der Waals surface area contributed by atoms with E-state index < -0.39 is 0 Å². The Hall–Kier alpha value is -0.430. The first kappa shape index (κ1) is 13.5. The lowest BCUT2D eigenvalue weighted by Crippen LogP contribution is -2.34. The molecule has 0 aromatic heterocycles. The van der Waals surface area contributed by atoms with Crippen LogP contribution < -0.4 is 0 Å². The number of terminal acetylenes is 1. The normalized spacial score (nSPS) is 43.4. The van der Waals surface area contributed by atoms with Crippen LogP contribution in [-0.4, -0.2) is 23.7 Å². The maximum atomic E-state index is 6.51. The predicted molar refractivity (Wildman–Crippen MR) is 79.0 cm³/mol. The zero-order valence-corrected chi connectivity index (χ0v) is 13.0. The summed E-state index contributed by atoms with van der Waals surface area (Å²) in [7, 11) is 0. The van der Waals surface area contributed by atoms with Crippen molar-refractivity contribution in [2.45, 2.75) is 43.5 Å². The second-order valence-electron chi connectivity index (χ2n) is 5.23. The van der Waals surface area contributed by atoms with Gasteiger partial charge in [-0.2, -0.15) is 0 Å². The Labute approximate surface area is 127 Å². The topological polar surface area (TPSA) is 18.5 Å². The molecule has 102 valence electrons. The van der Waals surface area contributed by atoms with Gasteiger partial charge in [0, 0.05) is 16.8 Å². The minimum atomic E-state index is -0.106. The van der Waals surface area contributed by atoms with Crippen LogP contribution in [0.15, 0.2) is 22.4 Å². The fourth-order valence-corrected chi connectivity index (χ4v) is 4.25. The smallest absolute Gasteiger partial charge is 0.128 e. The number of hydrogen-bond donors (Lipinski definition) is 0. The average Bonchev–Trinajstić information content (AvgIpc) is 3.02. The summed E-state index contributed by atoms with van der Waals surface area (Å²) in [6.07, 6.45) is 11.3. The third-order valence-corrected chi connectivity index (χ3v) is 5.65. The largest absolute Gasteiger partial charge is 0.491 e. The Morgan fingerprint density at radius 1 is 1.63 bits per heavy atom. The van der Waals surface area contributed by atoms with Gasteiger partial charge in [-0.3, -0.25) is 0 Å². The maximum absolute atomic E-state index is 6.51. The van der Waals surface area contributed by atoms with Gasteiger partial charge in [0.15, 0.2) is 0 Å². The summed E-state index contributed by atoms with van der Waals surface area (Å²) in [5.41, 5.74) is 0. The van der Waals surface area contributed by atoms with Crippen molar-refractivity contribution < 1.29 is 9.47 Å². The van der Waals surface area contributed by atoms with E-state index in [9.17, 15) is 0 Å². The van der Waals surface area contributed by atoms with Gasteiger partial charge in [0.2, 0.25) is 0 Å². The van der Waals surface area contributed by atoms with E-state index in [2.05, 4.69) is 28.8 Å². The summed E-state index contributed by atoms with van der Waals surface area (Å²) >= 11 is 10.1. The molecule has 6 atom stereocenters. The molecule has 2 bridgehead atoms. The van der Waals surface area contributed by atoms with E-state index in [-0.39, 0.29) is 35.5 Å². The molecule has 3 aliphatic heterocycles. The zero-order chi connectivity index (χ0) is 13.6. The van der Waals surface area contributed by atoms with Crippen molar-refractivity contribution in [2.24, 2.45) is 11.8 Å². The quantitative estimate of drug-likeness (QED) is 0.576. The Balaban J connectivity index is 1.91. The molecule has 3 fully saturated rings. The van der Waals surface area contributed by atoms with Crippen molar-refractivity contribution in [3.8, 4) is 12.3 Å². The van der Waals surface area contributed by atoms with Crippen LogP contribution in [0, 0.1) is 24.2 Å².